The van der Waals surface area contributed by atoms with Crippen LogP contribution in [0.5, 0.6) is 5.88 Å². The van der Waals surface area contributed by atoms with Gasteiger partial charge in [0.2, 0.25) is 5.88 Å². The molecule has 0 aliphatic rings. The maximum atomic E-state index is 5.41. The van der Waals surface area contributed by atoms with Crippen LogP contribution in [0.2, 0.25) is 0 Å². The summed E-state index contributed by atoms with van der Waals surface area (Å²) >= 11 is 4.26. The van der Waals surface area contributed by atoms with Crippen LogP contribution in [-0.2, 0) is 0 Å². The lowest BCUT2D eigenvalue weighted by Gasteiger charge is -2.12. The van der Waals surface area contributed by atoms with E-state index in [4.69, 9.17) is 4.74 Å². The van der Waals surface area contributed by atoms with Crippen LogP contribution in [0.1, 0.15) is 25.3 Å². The van der Waals surface area contributed by atoms with Crippen molar-refractivity contribution in [2.24, 2.45) is 0 Å². The highest BCUT2D eigenvalue weighted by Gasteiger charge is 2.10. The Morgan fingerprint density at radius 2 is 2.38 bits per heavy atom. The maximum absolute atomic E-state index is 5.41. The highest BCUT2D eigenvalue weighted by atomic mass is 32.1. The predicted octanol–water partition coefficient (Wildman–Crippen LogP) is 2.51. The summed E-state index contributed by atoms with van der Waals surface area (Å²) in [6.45, 7) is 4.74. The van der Waals surface area contributed by atoms with Crippen LogP contribution in [0, 0.1) is 0 Å². The Bertz CT molecular complexity index is 265. The molecule has 0 aliphatic heterocycles. The number of hydrogen-bond acceptors (Lipinski definition) is 3. The Labute approximate surface area is 84.7 Å². The number of hydrogen-bond donors (Lipinski definition) is 1. The van der Waals surface area contributed by atoms with Gasteiger partial charge in [0.1, 0.15) is 0 Å². The molecule has 0 saturated carbocycles. The Hall–Kier alpha value is -0.700. The highest BCUT2D eigenvalue weighted by Crippen LogP contribution is 2.24. The van der Waals surface area contributed by atoms with Gasteiger partial charge in [0.25, 0.3) is 0 Å². The van der Waals surface area contributed by atoms with Gasteiger partial charge in [0, 0.05) is 11.8 Å². The lowest BCUT2D eigenvalue weighted by Crippen LogP contribution is -2.02. The van der Waals surface area contributed by atoms with Crippen molar-refractivity contribution < 1.29 is 4.74 Å². The molecule has 0 N–H and O–H groups in total. The average molecular weight is 197 g/mol. The van der Waals surface area contributed by atoms with Gasteiger partial charge in [0.15, 0.2) is 0 Å². The molecule has 0 bridgehead atoms. The largest absolute Gasteiger partial charge is 0.478 e. The molecule has 1 aromatic rings. The molecule has 1 heterocycles. The molecule has 0 fully saturated rings. The fraction of sp³-hybridized carbons (Fsp3) is 0.500. The molecule has 0 amide bonds. The first-order valence-electron chi connectivity index (χ1n) is 4.48. The van der Waals surface area contributed by atoms with E-state index in [-0.39, 0.29) is 0 Å². The van der Waals surface area contributed by atoms with Crippen LogP contribution in [0.15, 0.2) is 18.3 Å². The molecule has 1 aromatic heterocycles. The van der Waals surface area contributed by atoms with Crippen molar-refractivity contribution in [2.75, 3.05) is 12.4 Å². The van der Waals surface area contributed by atoms with Gasteiger partial charge in [0.05, 0.1) is 6.61 Å². The second-order valence-electron chi connectivity index (χ2n) is 2.91. The monoisotopic (exact) mass is 197 g/mol. The molecule has 0 radical (unpaired) electrons. The molecule has 1 atom stereocenters. The molecule has 3 heteroatoms. The molecule has 2 nitrogen and oxygen atoms in total. The van der Waals surface area contributed by atoms with E-state index in [0.29, 0.717) is 12.5 Å². The van der Waals surface area contributed by atoms with E-state index < -0.39 is 0 Å². The van der Waals surface area contributed by atoms with Crippen molar-refractivity contribution in [3.8, 4) is 5.88 Å². The summed E-state index contributed by atoms with van der Waals surface area (Å²) in [5, 5.41) is 0. The quantitative estimate of drug-likeness (QED) is 0.749. The third-order valence-corrected chi connectivity index (χ3v) is 2.43. The lowest BCUT2D eigenvalue weighted by molar-refractivity contribution is 0.321. The second kappa shape index (κ2) is 5.12. The normalized spacial score (nSPS) is 12.5. The van der Waals surface area contributed by atoms with Gasteiger partial charge >= 0.3 is 0 Å². The van der Waals surface area contributed by atoms with Crippen molar-refractivity contribution in [1.29, 1.82) is 0 Å². The van der Waals surface area contributed by atoms with E-state index >= 15 is 0 Å². The Balaban J connectivity index is 2.90. The minimum absolute atomic E-state index is 0.388. The number of rotatable bonds is 4. The molecule has 0 spiro atoms. The van der Waals surface area contributed by atoms with Crippen LogP contribution >= 0.6 is 12.6 Å². The van der Waals surface area contributed by atoms with Gasteiger partial charge in [-0.05, 0) is 24.7 Å². The molecular weight excluding hydrogens is 182 g/mol. The average Bonchev–Trinajstić information content (AvgIpc) is 2.18. The second-order valence-corrected chi connectivity index (χ2v) is 3.28. The van der Waals surface area contributed by atoms with Crippen molar-refractivity contribution in [2.45, 2.75) is 19.8 Å². The number of aromatic nitrogens is 1. The number of nitrogens with zero attached hydrogens (tertiary/aromatic N) is 1. The minimum atomic E-state index is 0.388. The fourth-order valence-corrected chi connectivity index (χ4v) is 1.33. The van der Waals surface area contributed by atoms with E-state index in [1.165, 1.54) is 0 Å². The van der Waals surface area contributed by atoms with Crippen LogP contribution in [0.25, 0.3) is 0 Å². The molecular formula is C10H15NOS. The first-order valence-corrected chi connectivity index (χ1v) is 5.11. The first kappa shape index (κ1) is 10.4. The fourth-order valence-electron chi connectivity index (χ4n) is 1.13. The SMILES string of the molecule is CCOc1ncccc1C(C)CS. The summed E-state index contributed by atoms with van der Waals surface area (Å²) in [7, 11) is 0. The summed E-state index contributed by atoms with van der Waals surface area (Å²) < 4.78 is 5.41. The summed E-state index contributed by atoms with van der Waals surface area (Å²) in [5.74, 6) is 1.94. The Kier molecular flexibility index (Phi) is 4.09. The molecule has 1 unspecified atom stereocenters. The van der Waals surface area contributed by atoms with Gasteiger partial charge < -0.3 is 4.74 Å². The smallest absolute Gasteiger partial charge is 0.216 e. The lowest BCUT2D eigenvalue weighted by atomic mass is 10.1. The molecule has 13 heavy (non-hydrogen) atoms. The van der Waals surface area contributed by atoms with E-state index in [1.54, 1.807) is 6.20 Å². The molecule has 0 aromatic carbocycles. The van der Waals surface area contributed by atoms with Crippen molar-refractivity contribution in [3.05, 3.63) is 23.9 Å². The van der Waals surface area contributed by atoms with Gasteiger partial charge in [-0.25, -0.2) is 4.98 Å². The summed E-state index contributed by atoms with van der Waals surface area (Å²) in [6, 6.07) is 3.97. The van der Waals surface area contributed by atoms with Crippen LogP contribution in [-0.4, -0.2) is 17.3 Å². The minimum Gasteiger partial charge on any atom is -0.478 e. The molecule has 0 aliphatic carbocycles. The zero-order valence-corrected chi connectivity index (χ0v) is 8.92. The topological polar surface area (TPSA) is 22.1 Å². The zero-order chi connectivity index (χ0) is 9.68. The molecule has 1 rings (SSSR count). The zero-order valence-electron chi connectivity index (χ0n) is 8.03. The Morgan fingerprint density at radius 3 is 3.00 bits per heavy atom. The van der Waals surface area contributed by atoms with Gasteiger partial charge in [-0.15, -0.1) is 0 Å². The highest BCUT2D eigenvalue weighted by molar-refractivity contribution is 7.80. The van der Waals surface area contributed by atoms with Crippen LogP contribution < -0.4 is 4.74 Å². The standard InChI is InChI=1S/C10H15NOS/c1-3-12-10-9(8(2)7-13)5-4-6-11-10/h4-6,8,13H,3,7H2,1-2H3. The summed E-state index contributed by atoms with van der Waals surface area (Å²) in [6.07, 6.45) is 1.75. The number of thiol groups is 1. The first-order chi connectivity index (χ1) is 6.29. The summed E-state index contributed by atoms with van der Waals surface area (Å²) in [4.78, 5) is 4.18. The predicted molar refractivity (Wildman–Crippen MR) is 57.7 cm³/mol. The number of pyridine rings is 1. The van der Waals surface area contributed by atoms with Gasteiger partial charge in [-0.1, -0.05) is 13.0 Å². The van der Waals surface area contributed by atoms with Crippen LogP contribution in [0.3, 0.4) is 0 Å². The van der Waals surface area contributed by atoms with Crippen molar-refractivity contribution in [3.63, 3.8) is 0 Å². The third kappa shape index (κ3) is 2.62. The van der Waals surface area contributed by atoms with Gasteiger partial charge in [-0.2, -0.15) is 12.6 Å². The number of ether oxygens (including phenoxy) is 1. The van der Waals surface area contributed by atoms with Crippen molar-refractivity contribution >= 4 is 12.6 Å². The van der Waals surface area contributed by atoms with Crippen LogP contribution in [0.4, 0.5) is 0 Å². The molecule has 0 saturated heterocycles. The Morgan fingerprint density at radius 1 is 1.62 bits per heavy atom. The van der Waals surface area contributed by atoms with E-state index in [2.05, 4.69) is 24.5 Å². The van der Waals surface area contributed by atoms with E-state index in [1.807, 2.05) is 19.1 Å². The van der Waals surface area contributed by atoms with Gasteiger partial charge in [-0.3, -0.25) is 0 Å². The van der Waals surface area contributed by atoms with Crippen molar-refractivity contribution in [1.82, 2.24) is 4.98 Å². The van der Waals surface area contributed by atoms with E-state index in [0.717, 1.165) is 17.2 Å². The summed E-state index contributed by atoms with van der Waals surface area (Å²) in [5.41, 5.74) is 1.14. The molecule has 72 valence electrons. The maximum Gasteiger partial charge on any atom is 0.216 e. The third-order valence-electron chi connectivity index (χ3n) is 1.89. The van der Waals surface area contributed by atoms with E-state index in [9.17, 15) is 0 Å².